The molecule has 0 radical (unpaired) electrons. The highest BCUT2D eigenvalue weighted by atomic mass is 32.1. The van der Waals surface area contributed by atoms with Crippen LogP contribution in [0, 0.1) is 6.92 Å². The maximum absolute atomic E-state index is 11.8. The van der Waals surface area contributed by atoms with E-state index in [1.807, 2.05) is 30.1 Å². The molecule has 0 bridgehead atoms. The van der Waals surface area contributed by atoms with E-state index in [1.165, 1.54) is 0 Å². The minimum absolute atomic E-state index is 0.221. The van der Waals surface area contributed by atoms with E-state index in [9.17, 15) is 4.79 Å². The average Bonchev–Trinajstić information content (AvgIpc) is 2.85. The predicted molar refractivity (Wildman–Crippen MR) is 67.1 cm³/mol. The standard InChI is InChI=1S/C12H15N3OS/c1-9-14-10(8-17-9)7-11(16)3-4-12-13-5-6-15(12)2/h5-6,8H,3-4,7H2,1-2H3. The number of hydrogen-bond acceptors (Lipinski definition) is 4. The summed E-state index contributed by atoms with van der Waals surface area (Å²) in [5, 5.41) is 2.96. The first-order chi connectivity index (χ1) is 8.15. The van der Waals surface area contributed by atoms with Crippen LogP contribution >= 0.6 is 11.3 Å². The number of aryl methyl sites for hydroxylation is 3. The highest BCUT2D eigenvalue weighted by Crippen LogP contribution is 2.10. The molecule has 0 N–H and O–H groups in total. The summed E-state index contributed by atoms with van der Waals surface area (Å²) in [7, 11) is 1.94. The summed E-state index contributed by atoms with van der Waals surface area (Å²) < 4.78 is 1.94. The van der Waals surface area contributed by atoms with Gasteiger partial charge in [0.2, 0.25) is 0 Å². The van der Waals surface area contributed by atoms with Crippen molar-refractivity contribution in [3.8, 4) is 0 Å². The SMILES string of the molecule is Cc1nc(CC(=O)CCc2nccn2C)cs1. The van der Waals surface area contributed by atoms with Crippen molar-refractivity contribution < 1.29 is 4.79 Å². The molecule has 0 spiro atoms. The topological polar surface area (TPSA) is 47.8 Å². The van der Waals surface area contributed by atoms with E-state index in [-0.39, 0.29) is 5.78 Å². The molecule has 0 saturated carbocycles. The average molecular weight is 249 g/mol. The van der Waals surface area contributed by atoms with E-state index >= 15 is 0 Å². The minimum atomic E-state index is 0.221. The fraction of sp³-hybridized carbons (Fsp3) is 0.417. The Balaban J connectivity index is 1.84. The Morgan fingerprint density at radius 1 is 1.53 bits per heavy atom. The van der Waals surface area contributed by atoms with Gasteiger partial charge < -0.3 is 4.57 Å². The molecular formula is C12H15N3OS. The number of Topliss-reactive ketones (excluding diaryl/α,β-unsaturated/α-hetero) is 1. The van der Waals surface area contributed by atoms with Crippen molar-refractivity contribution in [2.24, 2.45) is 7.05 Å². The Hall–Kier alpha value is -1.49. The number of nitrogens with zero attached hydrogens (tertiary/aromatic N) is 3. The lowest BCUT2D eigenvalue weighted by molar-refractivity contribution is -0.118. The van der Waals surface area contributed by atoms with Crippen molar-refractivity contribution in [3.05, 3.63) is 34.3 Å². The number of carbonyl (C=O) groups is 1. The quantitative estimate of drug-likeness (QED) is 0.813. The van der Waals surface area contributed by atoms with Gasteiger partial charge in [-0.15, -0.1) is 11.3 Å². The van der Waals surface area contributed by atoms with E-state index in [4.69, 9.17) is 0 Å². The molecule has 2 aromatic heterocycles. The van der Waals surface area contributed by atoms with Crippen molar-refractivity contribution >= 4 is 17.1 Å². The normalized spacial score (nSPS) is 10.7. The van der Waals surface area contributed by atoms with Crippen molar-refractivity contribution in [1.82, 2.24) is 14.5 Å². The molecule has 0 fully saturated rings. The Labute approximate surface area is 104 Å². The van der Waals surface area contributed by atoms with Crippen LogP contribution < -0.4 is 0 Å². The summed E-state index contributed by atoms with van der Waals surface area (Å²) >= 11 is 1.58. The first kappa shape index (κ1) is 12.0. The van der Waals surface area contributed by atoms with Crippen LogP contribution in [0.2, 0.25) is 0 Å². The van der Waals surface area contributed by atoms with Gasteiger partial charge in [0.05, 0.1) is 10.7 Å². The molecular weight excluding hydrogens is 234 g/mol. The Morgan fingerprint density at radius 3 is 2.94 bits per heavy atom. The number of imidazole rings is 1. The zero-order valence-electron chi connectivity index (χ0n) is 10.0. The number of thiazole rings is 1. The van der Waals surface area contributed by atoms with Gasteiger partial charge in [0.15, 0.2) is 0 Å². The first-order valence-electron chi connectivity index (χ1n) is 5.54. The molecule has 90 valence electrons. The molecule has 2 rings (SSSR count). The molecule has 0 aromatic carbocycles. The van der Waals surface area contributed by atoms with E-state index in [0.717, 1.165) is 16.5 Å². The molecule has 2 heterocycles. The second kappa shape index (κ2) is 5.23. The largest absolute Gasteiger partial charge is 0.338 e. The third kappa shape index (κ3) is 3.23. The van der Waals surface area contributed by atoms with Crippen LogP contribution in [0.5, 0.6) is 0 Å². The molecule has 2 aromatic rings. The summed E-state index contributed by atoms with van der Waals surface area (Å²) in [6.07, 6.45) is 5.31. The van der Waals surface area contributed by atoms with Gasteiger partial charge in [-0.3, -0.25) is 4.79 Å². The van der Waals surface area contributed by atoms with Crippen LogP contribution in [-0.4, -0.2) is 20.3 Å². The van der Waals surface area contributed by atoms with Gasteiger partial charge in [0, 0.05) is 44.1 Å². The van der Waals surface area contributed by atoms with Gasteiger partial charge in [-0.25, -0.2) is 9.97 Å². The summed E-state index contributed by atoms with van der Waals surface area (Å²) in [5.74, 6) is 1.17. The van der Waals surface area contributed by atoms with Crippen LogP contribution in [0.4, 0.5) is 0 Å². The van der Waals surface area contributed by atoms with Crippen molar-refractivity contribution in [1.29, 1.82) is 0 Å². The predicted octanol–water partition coefficient (Wildman–Crippen LogP) is 1.93. The van der Waals surface area contributed by atoms with Crippen molar-refractivity contribution in [3.63, 3.8) is 0 Å². The Kier molecular flexibility index (Phi) is 3.68. The third-order valence-corrected chi connectivity index (χ3v) is 3.42. The molecule has 5 heteroatoms. The highest BCUT2D eigenvalue weighted by molar-refractivity contribution is 7.09. The van der Waals surface area contributed by atoms with E-state index in [2.05, 4.69) is 9.97 Å². The number of ketones is 1. The first-order valence-corrected chi connectivity index (χ1v) is 6.42. The molecule has 17 heavy (non-hydrogen) atoms. The van der Waals surface area contributed by atoms with E-state index in [0.29, 0.717) is 19.3 Å². The van der Waals surface area contributed by atoms with E-state index < -0.39 is 0 Å². The van der Waals surface area contributed by atoms with Gasteiger partial charge in [0.1, 0.15) is 11.6 Å². The fourth-order valence-corrected chi connectivity index (χ4v) is 2.28. The molecule has 0 amide bonds. The summed E-state index contributed by atoms with van der Waals surface area (Å²) in [6.45, 7) is 1.95. The molecule has 0 saturated heterocycles. The zero-order chi connectivity index (χ0) is 12.3. The second-order valence-electron chi connectivity index (χ2n) is 4.03. The number of hydrogen-bond donors (Lipinski definition) is 0. The monoisotopic (exact) mass is 249 g/mol. The Bertz CT molecular complexity index is 515. The molecule has 0 atom stereocenters. The van der Waals surface area contributed by atoms with Crippen molar-refractivity contribution in [2.45, 2.75) is 26.2 Å². The molecule has 0 aliphatic rings. The maximum Gasteiger partial charge on any atom is 0.139 e. The number of aromatic nitrogens is 3. The number of rotatable bonds is 5. The molecule has 0 aliphatic heterocycles. The van der Waals surface area contributed by atoms with Crippen molar-refractivity contribution in [2.75, 3.05) is 0 Å². The van der Waals surface area contributed by atoms with Gasteiger partial charge in [0.25, 0.3) is 0 Å². The van der Waals surface area contributed by atoms with Crippen LogP contribution in [0.25, 0.3) is 0 Å². The summed E-state index contributed by atoms with van der Waals surface area (Å²) in [4.78, 5) is 20.2. The molecule has 4 nitrogen and oxygen atoms in total. The van der Waals surface area contributed by atoms with Crippen LogP contribution in [0.15, 0.2) is 17.8 Å². The van der Waals surface area contributed by atoms with Crippen LogP contribution in [-0.2, 0) is 24.7 Å². The summed E-state index contributed by atoms with van der Waals surface area (Å²) in [6, 6.07) is 0. The zero-order valence-corrected chi connectivity index (χ0v) is 10.8. The fourth-order valence-electron chi connectivity index (χ4n) is 1.67. The Morgan fingerprint density at radius 2 is 2.35 bits per heavy atom. The lowest BCUT2D eigenvalue weighted by atomic mass is 10.1. The van der Waals surface area contributed by atoms with Gasteiger partial charge >= 0.3 is 0 Å². The highest BCUT2D eigenvalue weighted by Gasteiger charge is 2.08. The second-order valence-corrected chi connectivity index (χ2v) is 5.09. The lowest BCUT2D eigenvalue weighted by Crippen LogP contribution is -2.07. The van der Waals surface area contributed by atoms with Gasteiger partial charge in [-0.1, -0.05) is 0 Å². The molecule has 0 aliphatic carbocycles. The van der Waals surface area contributed by atoms with Crippen LogP contribution in [0.3, 0.4) is 0 Å². The molecule has 0 unspecified atom stereocenters. The minimum Gasteiger partial charge on any atom is -0.338 e. The lowest BCUT2D eigenvalue weighted by Gasteiger charge is -2.00. The van der Waals surface area contributed by atoms with E-state index in [1.54, 1.807) is 17.5 Å². The van der Waals surface area contributed by atoms with Gasteiger partial charge in [-0.05, 0) is 6.92 Å². The summed E-state index contributed by atoms with van der Waals surface area (Å²) in [5.41, 5.74) is 0.886. The maximum atomic E-state index is 11.8. The number of carbonyl (C=O) groups excluding carboxylic acids is 1. The smallest absolute Gasteiger partial charge is 0.139 e. The van der Waals surface area contributed by atoms with Gasteiger partial charge in [-0.2, -0.15) is 0 Å². The van der Waals surface area contributed by atoms with Crippen LogP contribution in [0.1, 0.15) is 22.9 Å². The third-order valence-electron chi connectivity index (χ3n) is 2.59.